The van der Waals surface area contributed by atoms with E-state index in [9.17, 15) is 9.59 Å². The summed E-state index contributed by atoms with van der Waals surface area (Å²) < 4.78 is 0. The smallest absolute Gasteiger partial charge is 0.315 e. The van der Waals surface area contributed by atoms with Crippen molar-refractivity contribution in [3.05, 3.63) is 66.0 Å². The normalized spacial score (nSPS) is 18.3. The van der Waals surface area contributed by atoms with E-state index in [0.29, 0.717) is 12.5 Å². The van der Waals surface area contributed by atoms with Crippen molar-refractivity contribution in [2.24, 2.45) is 5.92 Å². The van der Waals surface area contributed by atoms with Gasteiger partial charge in [-0.1, -0.05) is 30.3 Å². The Hall–Kier alpha value is -2.93. The minimum absolute atomic E-state index is 0.122. The van der Waals surface area contributed by atoms with E-state index in [4.69, 9.17) is 0 Å². The number of amides is 3. The minimum Gasteiger partial charge on any atom is -0.342 e. The second-order valence-corrected chi connectivity index (χ2v) is 8.82. The summed E-state index contributed by atoms with van der Waals surface area (Å²) in [5.74, 6) is 0.419. The van der Waals surface area contributed by atoms with Crippen molar-refractivity contribution in [3.63, 3.8) is 0 Å². The topological polar surface area (TPSA) is 77.6 Å². The Morgan fingerprint density at radius 2 is 1.56 bits per heavy atom. The average molecular weight is 436 g/mol. The lowest BCUT2D eigenvalue weighted by molar-refractivity contribution is -0.138. The molecular formula is C25H33N5O2. The third kappa shape index (κ3) is 6.29. The molecule has 32 heavy (non-hydrogen) atoms. The SMILES string of the molecule is O=C(NCc1ccccc1)NC1CCN(C(=O)C2CCN(Cc3ccncc3)CC2)CC1. The summed E-state index contributed by atoms with van der Waals surface area (Å²) in [6, 6.07) is 14.0. The Kier molecular flexibility index (Phi) is 7.72. The van der Waals surface area contributed by atoms with E-state index in [1.807, 2.05) is 47.6 Å². The van der Waals surface area contributed by atoms with Crippen LogP contribution in [-0.2, 0) is 17.9 Å². The van der Waals surface area contributed by atoms with Crippen LogP contribution < -0.4 is 10.6 Å². The monoisotopic (exact) mass is 435 g/mol. The van der Waals surface area contributed by atoms with Gasteiger partial charge in [0.2, 0.25) is 5.91 Å². The first-order valence-corrected chi connectivity index (χ1v) is 11.7. The maximum atomic E-state index is 13.0. The molecule has 3 amide bonds. The van der Waals surface area contributed by atoms with Gasteiger partial charge in [-0.3, -0.25) is 14.7 Å². The number of hydrogen-bond donors (Lipinski definition) is 2. The first-order valence-electron chi connectivity index (χ1n) is 11.7. The summed E-state index contributed by atoms with van der Waals surface area (Å²) in [6.07, 6.45) is 7.12. The van der Waals surface area contributed by atoms with Gasteiger partial charge in [-0.15, -0.1) is 0 Å². The van der Waals surface area contributed by atoms with Crippen molar-refractivity contribution >= 4 is 11.9 Å². The number of rotatable bonds is 6. The molecule has 2 N–H and O–H groups in total. The quantitative estimate of drug-likeness (QED) is 0.732. The molecule has 2 aromatic rings. The number of nitrogens with zero attached hydrogens (tertiary/aromatic N) is 3. The van der Waals surface area contributed by atoms with Crippen LogP contribution in [-0.4, -0.2) is 58.9 Å². The predicted octanol–water partition coefficient (Wildman–Crippen LogP) is 2.78. The Bertz CT molecular complexity index is 860. The first kappa shape index (κ1) is 22.3. The maximum absolute atomic E-state index is 13.0. The summed E-state index contributed by atoms with van der Waals surface area (Å²) >= 11 is 0. The summed E-state index contributed by atoms with van der Waals surface area (Å²) in [5, 5.41) is 5.97. The molecule has 3 heterocycles. The van der Waals surface area contributed by atoms with Gasteiger partial charge in [-0.2, -0.15) is 0 Å². The molecule has 0 aliphatic carbocycles. The summed E-state index contributed by atoms with van der Waals surface area (Å²) in [5.41, 5.74) is 2.35. The zero-order valence-electron chi connectivity index (χ0n) is 18.6. The number of hydrogen-bond acceptors (Lipinski definition) is 4. The van der Waals surface area contributed by atoms with Crippen LogP contribution in [0, 0.1) is 5.92 Å². The van der Waals surface area contributed by atoms with E-state index in [-0.39, 0.29) is 18.0 Å². The highest BCUT2D eigenvalue weighted by atomic mass is 16.2. The number of likely N-dealkylation sites (tertiary alicyclic amines) is 2. The fourth-order valence-corrected chi connectivity index (χ4v) is 4.60. The molecule has 0 spiro atoms. The zero-order valence-corrected chi connectivity index (χ0v) is 18.6. The highest BCUT2D eigenvalue weighted by Gasteiger charge is 2.31. The number of urea groups is 1. The molecule has 0 radical (unpaired) electrons. The number of benzene rings is 1. The number of piperidine rings is 2. The van der Waals surface area contributed by atoms with E-state index < -0.39 is 0 Å². The zero-order chi connectivity index (χ0) is 22.2. The number of pyridine rings is 1. The van der Waals surface area contributed by atoms with E-state index in [1.165, 1.54) is 5.56 Å². The Balaban J connectivity index is 1.14. The molecule has 7 heteroatoms. The van der Waals surface area contributed by atoms with Crippen molar-refractivity contribution in [1.29, 1.82) is 0 Å². The first-order chi connectivity index (χ1) is 15.7. The molecule has 7 nitrogen and oxygen atoms in total. The Labute approximate surface area is 190 Å². The van der Waals surface area contributed by atoms with Crippen LogP contribution >= 0.6 is 0 Å². The van der Waals surface area contributed by atoms with Gasteiger partial charge in [-0.25, -0.2) is 4.79 Å². The van der Waals surface area contributed by atoms with Crippen molar-refractivity contribution in [1.82, 2.24) is 25.4 Å². The third-order valence-corrected chi connectivity index (χ3v) is 6.53. The second-order valence-electron chi connectivity index (χ2n) is 8.82. The third-order valence-electron chi connectivity index (χ3n) is 6.53. The van der Waals surface area contributed by atoms with Gasteiger partial charge in [0.15, 0.2) is 0 Å². The lowest BCUT2D eigenvalue weighted by Crippen LogP contribution is -2.50. The lowest BCUT2D eigenvalue weighted by Gasteiger charge is -2.37. The number of aromatic nitrogens is 1. The molecule has 0 saturated carbocycles. The van der Waals surface area contributed by atoms with Crippen LogP contribution in [0.4, 0.5) is 4.79 Å². The van der Waals surface area contributed by atoms with E-state index in [1.54, 1.807) is 0 Å². The van der Waals surface area contributed by atoms with E-state index in [2.05, 4.69) is 32.7 Å². The molecular weight excluding hydrogens is 402 g/mol. The number of carbonyl (C=O) groups is 2. The molecule has 2 aliphatic rings. The molecule has 0 atom stereocenters. The second kappa shape index (κ2) is 11.1. The predicted molar refractivity (Wildman–Crippen MR) is 124 cm³/mol. The van der Waals surface area contributed by atoms with Gasteiger partial charge in [0.25, 0.3) is 0 Å². The molecule has 1 aromatic carbocycles. The van der Waals surface area contributed by atoms with Crippen LogP contribution in [0.5, 0.6) is 0 Å². The van der Waals surface area contributed by atoms with Crippen molar-refractivity contribution in [3.8, 4) is 0 Å². The van der Waals surface area contributed by atoms with E-state index in [0.717, 1.165) is 64.0 Å². The van der Waals surface area contributed by atoms with Crippen LogP contribution in [0.3, 0.4) is 0 Å². The summed E-state index contributed by atoms with van der Waals surface area (Å²) in [6.45, 7) is 4.80. The summed E-state index contributed by atoms with van der Waals surface area (Å²) in [4.78, 5) is 33.7. The highest BCUT2D eigenvalue weighted by Crippen LogP contribution is 2.23. The molecule has 2 aliphatic heterocycles. The standard InChI is InChI=1S/C25H33N5O2/c31-24(22-8-14-29(15-9-22)19-21-6-12-26-13-7-21)30-16-10-23(11-17-30)28-25(32)27-18-20-4-2-1-3-5-20/h1-7,12-13,22-23H,8-11,14-19H2,(H2,27,28,32). The Morgan fingerprint density at radius 1 is 0.875 bits per heavy atom. The fourth-order valence-electron chi connectivity index (χ4n) is 4.60. The molecule has 2 saturated heterocycles. The molecule has 0 bridgehead atoms. The van der Waals surface area contributed by atoms with Gasteiger partial charge >= 0.3 is 6.03 Å². The van der Waals surface area contributed by atoms with Gasteiger partial charge in [0.1, 0.15) is 0 Å². The largest absolute Gasteiger partial charge is 0.342 e. The number of nitrogens with one attached hydrogen (secondary N) is 2. The number of carbonyl (C=O) groups excluding carboxylic acids is 2. The molecule has 1 aromatic heterocycles. The van der Waals surface area contributed by atoms with Crippen LogP contribution in [0.2, 0.25) is 0 Å². The van der Waals surface area contributed by atoms with Gasteiger partial charge in [-0.05, 0) is 62.0 Å². The van der Waals surface area contributed by atoms with Crippen LogP contribution in [0.15, 0.2) is 54.9 Å². The van der Waals surface area contributed by atoms with Crippen LogP contribution in [0.25, 0.3) is 0 Å². The lowest BCUT2D eigenvalue weighted by atomic mass is 9.93. The van der Waals surface area contributed by atoms with Crippen molar-refractivity contribution < 1.29 is 9.59 Å². The molecule has 2 fully saturated rings. The average Bonchev–Trinajstić information content (AvgIpc) is 2.85. The minimum atomic E-state index is -0.139. The Morgan fingerprint density at radius 3 is 2.25 bits per heavy atom. The molecule has 4 rings (SSSR count). The van der Waals surface area contributed by atoms with Gasteiger partial charge < -0.3 is 15.5 Å². The molecule has 170 valence electrons. The van der Waals surface area contributed by atoms with Gasteiger partial charge in [0, 0.05) is 50.5 Å². The van der Waals surface area contributed by atoms with Crippen molar-refractivity contribution in [2.75, 3.05) is 26.2 Å². The fraction of sp³-hybridized carbons (Fsp3) is 0.480. The summed E-state index contributed by atoms with van der Waals surface area (Å²) in [7, 11) is 0. The van der Waals surface area contributed by atoms with Crippen molar-refractivity contribution in [2.45, 2.75) is 44.8 Å². The maximum Gasteiger partial charge on any atom is 0.315 e. The molecule has 0 unspecified atom stereocenters. The highest BCUT2D eigenvalue weighted by molar-refractivity contribution is 5.79. The van der Waals surface area contributed by atoms with Crippen LogP contribution in [0.1, 0.15) is 36.8 Å². The van der Waals surface area contributed by atoms with Gasteiger partial charge in [0.05, 0.1) is 0 Å². The van der Waals surface area contributed by atoms with E-state index >= 15 is 0 Å².